The average molecular weight is 498 g/mol. The Labute approximate surface area is 213 Å². The van der Waals surface area contributed by atoms with Crippen LogP contribution in [-0.4, -0.2) is 51.1 Å². The van der Waals surface area contributed by atoms with E-state index in [1.165, 1.54) is 16.3 Å². The number of hydrogen-bond acceptors (Lipinski definition) is 8. The lowest BCUT2D eigenvalue weighted by Gasteiger charge is -2.20. The van der Waals surface area contributed by atoms with Crippen molar-refractivity contribution in [3.8, 4) is 17.1 Å². The zero-order valence-corrected chi connectivity index (χ0v) is 20.4. The predicted octanol–water partition coefficient (Wildman–Crippen LogP) is 3.33. The van der Waals surface area contributed by atoms with E-state index in [2.05, 4.69) is 54.0 Å². The Morgan fingerprint density at radius 3 is 2.62 bits per heavy atom. The summed E-state index contributed by atoms with van der Waals surface area (Å²) in [5, 5.41) is 19.9. The lowest BCUT2D eigenvalue weighted by Crippen LogP contribution is -2.26. The number of hydrogen-bond donors (Lipinski definition) is 3. The molecule has 2 saturated heterocycles. The number of aryl methyl sites for hydroxylation is 2. The van der Waals surface area contributed by atoms with Crippen molar-refractivity contribution in [1.29, 1.82) is 0 Å². The summed E-state index contributed by atoms with van der Waals surface area (Å²) < 4.78 is 16.5. The molecule has 2 aromatic carbocycles. The van der Waals surface area contributed by atoms with Gasteiger partial charge in [0.05, 0.1) is 11.4 Å². The first-order valence-electron chi connectivity index (χ1n) is 12.8. The van der Waals surface area contributed by atoms with Crippen molar-refractivity contribution < 1.29 is 4.39 Å². The number of nitrogens with zero attached hydrogens (tertiary/aromatic N) is 6. The van der Waals surface area contributed by atoms with Crippen LogP contribution in [0.2, 0.25) is 0 Å². The Bertz CT molecular complexity index is 1470. The van der Waals surface area contributed by atoms with Crippen molar-refractivity contribution in [3.63, 3.8) is 0 Å². The first kappa shape index (κ1) is 22.2. The molecule has 4 N–H and O–H groups in total. The third kappa shape index (κ3) is 3.97. The number of halogens is 1. The van der Waals surface area contributed by atoms with Crippen molar-refractivity contribution >= 4 is 23.3 Å². The Morgan fingerprint density at radius 1 is 0.973 bits per heavy atom. The molecule has 188 valence electrons. The van der Waals surface area contributed by atoms with Crippen molar-refractivity contribution in [2.24, 2.45) is 11.8 Å². The van der Waals surface area contributed by atoms with Gasteiger partial charge >= 0.3 is 0 Å². The molecule has 0 spiro atoms. The van der Waals surface area contributed by atoms with E-state index in [1.807, 2.05) is 24.3 Å². The highest BCUT2D eigenvalue weighted by atomic mass is 19.1. The molecule has 9 nitrogen and oxygen atoms in total. The molecule has 0 bridgehead atoms. The molecule has 2 fully saturated rings. The molecule has 2 aliphatic heterocycles. The lowest BCUT2D eigenvalue weighted by atomic mass is 10.0. The Hall–Kier alpha value is -4.05. The summed E-state index contributed by atoms with van der Waals surface area (Å²) in [5.41, 5.74) is 11.8. The predicted molar refractivity (Wildman–Crippen MR) is 141 cm³/mol. The SMILES string of the molecule is Nc1nc(Nc2ccc(N3CC4CNCC4C3)c(F)c2)nn1-c1cc2c(nn1)-c1ccccc1CCC2. The van der Waals surface area contributed by atoms with Gasteiger partial charge in [0, 0.05) is 37.4 Å². The first-order valence-corrected chi connectivity index (χ1v) is 12.8. The van der Waals surface area contributed by atoms with Crippen LogP contribution in [0.1, 0.15) is 17.5 Å². The Balaban J connectivity index is 1.12. The van der Waals surface area contributed by atoms with Crippen molar-refractivity contribution in [1.82, 2.24) is 30.3 Å². The summed E-state index contributed by atoms with van der Waals surface area (Å²) in [7, 11) is 0. The molecule has 4 heterocycles. The Morgan fingerprint density at radius 2 is 1.78 bits per heavy atom. The summed E-state index contributed by atoms with van der Waals surface area (Å²) in [6.45, 7) is 3.80. The highest BCUT2D eigenvalue weighted by Crippen LogP contribution is 2.34. The van der Waals surface area contributed by atoms with E-state index in [0.29, 0.717) is 29.0 Å². The van der Waals surface area contributed by atoms with Crippen LogP contribution in [-0.2, 0) is 12.8 Å². The smallest absolute Gasteiger partial charge is 0.248 e. The number of benzene rings is 2. The third-order valence-electron chi connectivity index (χ3n) is 7.81. The molecular weight excluding hydrogens is 469 g/mol. The van der Waals surface area contributed by atoms with E-state index in [9.17, 15) is 0 Å². The first-order chi connectivity index (χ1) is 18.1. The lowest BCUT2D eigenvalue weighted by molar-refractivity contribution is 0.533. The normalized spacial score (nSPS) is 20.3. The highest BCUT2D eigenvalue weighted by Gasteiger charge is 2.36. The number of nitrogens with two attached hydrogens (primary N) is 1. The number of aromatic nitrogens is 5. The van der Waals surface area contributed by atoms with Gasteiger partial charge in [-0.15, -0.1) is 15.3 Å². The van der Waals surface area contributed by atoms with Gasteiger partial charge in [-0.25, -0.2) is 4.39 Å². The number of nitrogen functional groups attached to an aromatic ring is 1. The van der Waals surface area contributed by atoms with Gasteiger partial charge in [0.2, 0.25) is 11.9 Å². The minimum absolute atomic E-state index is 0.181. The van der Waals surface area contributed by atoms with E-state index < -0.39 is 0 Å². The highest BCUT2D eigenvalue weighted by molar-refractivity contribution is 5.68. The number of nitrogens with one attached hydrogen (secondary N) is 2. The van der Waals surface area contributed by atoms with Crippen molar-refractivity contribution in [3.05, 3.63) is 65.5 Å². The second-order valence-corrected chi connectivity index (χ2v) is 10.2. The molecule has 4 aromatic rings. The zero-order chi connectivity index (χ0) is 24.9. The minimum atomic E-state index is -0.262. The molecule has 1 aliphatic carbocycles. The fourth-order valence-corrected chi connectivity index (χ4v) is 5.95. The topological polar surface area (TPSA) is 110 Å². The summed E-state index contributed by atoms with van der Waals surface area (Å²) in [4.78, 5) is 6.48. The van der Waals surface area contributed by atoms with Gasteiger partial charge in [0.15, 0.2) is 5.82 Å². The second-order valence-electron chi connectivity index (χ2n) is 10.2. The molecule has 2 atom stereocenters. The second kappa shape index (κ2) is 8.81. The van der Waals surface area contributed by atoms with E-state index in [-0.39, 0.29) is 17.7 Å². The maximum absolute atomic E-state index is 15.0. The van der Waals surface area contributed by atoms with Crippen LogP contribution in [0, 0.1) is 17.7 Å². The monoisotopic (exact) mass is 497 g/mol. The maximum atomic E-state index is 15.0. The van der Waals surface area contributed by atoms with Crippen LogP contribution >= 0.6 is 0 Å². The zero-order valence-electron chi connectivity index (χ0n) is 20.4. The van der Waals surface area contributed by atoms with E-state index in [4.69, 9.17) is 5.73 Å². The van der Waals surface area contributed by atoms with Crippen LogP contribution < -0.4 is 21.3 Å². The molecular formula is C27H28FN9. The quantitative estimate of drug-likeness (QED) is 0.394. The largest absolute Gasteiger partial charge is 0.368 e. The molecule has 0 saturated carbocycles. The molecule has 3 aliphatic rings. The number of anilines is 4. The average Bonchev–Trinajstić information content (AvgIpc) is 3.56. The molecule has 2 aromatic heterocycles. The molecule has 2 unspecified atom stereocenters. The van der Waals surface area contributed by atoms with E-state index in [1.54, 1.807) is 0 Å². The maximum Gasteiger partial charge on any atom is 0.248 e. The van der Waals surface area contributed by atoms with Crippen molar-refractivity contribution in [2.75, 3.05) is 42.1 Å². The van der Waals surface area contributed by atoms with Gasteiger partial charge < -0.3 is 21.3 Å². The molecule has 0 radical (unpaired) electrons. The van der Waals surface area contributed by atoms with Crippen LogP contribution in [0.4, 0.5) is 27.7 Å². The van der Waals surface area contributed by atoms with Gasteiger partial charge in [0.25, 0.3) is 0 Å². The van der Waals surface area contributed by atoms with E-state index in [0.717, 1.165) is 62.3 Å². The fourth-order valence-electron chi connectivity index (χ4n) is 5.95. The minimum Gasteiger partial charge on any atom is -0.368 e. The molecule has 10 heteroatoms. The standard InChI is InChI=1S/C27H28FN9/c28-22-11-20(8-9-23(22)36-14-18-12-30-13-19(18)15-36)31-27-32-26(29)37(35-27)24-10-17-6-3-5-16-4-1-2-7-21(16)25(17)34-33-24/h1-2,4,7-11,18-19,30H,3,5-6,12-15H2,(H3,29,31,32,35). The molecule has 0 amide bonds. The summed E-state index contributed by atoms with van der Waals surface area (Å²) in [5.74, 6) is 1.89. The van der Waals surface area contributed by atoms with Gasteiger partial charge in [-0.3, -0.25) is 0 Å². The van der Waals surface area contributed by atoms with Crippen LogP contribution in [0.3, 0.4) is 0 Å². The van der Waals surface area contributed by atoms with Crippen LogP contribution in [0.25, 0.3) is 17.1 Å². The summed E-state index contributed by atoms with van der Waals surface area (Å²) in [6.07, 6.45) is 2.94. The van der Waals surface area contributed by atoms with Crippen LogP contribution in [0.5, 0.6) is 0 Å². The van der Waals surface area contributed by atoms with Gasteiger partial charge in [-0.1, -0.05) is 24.3 Å². The fraction of sp³-hybridized carbons (Fsp3) is 0.333. The number of rotatable bonds is 4. The van der Waals surface area contributed by atoms with E-state index >= 15 is 4.39 Å². The molecule has 7 rings (SSSR count). The Kier molecular flexibility index (Phi) is 5.28. The summed E-state index contributed by atoms with van der Waals surface area (Å²) in [6, 6.07) is 15.5. The van der Waals surface area contributed by atoms with Gasteiger partial charge in [-0.05, 0) is 66.5 Å². The van der Waals surface area contributed by atoms with Gasteiger partial charge in [-0.2, -0.15) is 9.67 Å². The molecule has 37 heavy (non-hydrogen) atoms. The van der Waals surface area contributed by atoms with Crippen LogP contribution in [0.15, 0.2) is 48.5 Å². The van der Waals surface area contributed by atoms with Crippen molar-refractivity contribution in [2.45, 2.75) is 19.3 Å². The van der Waals surface area contributed by atoms with Gasteiger partial charge in [0.1, 0.15) is 5.82 Å². The summed E-state index contributed by atoms with van der Waals surface area (Å²) >= 11 is 0. The third-order valence-corrected chi connectivity index (χ3v) is 7.81. The number of fused-ring (bicyclic) bond motifs is 4.